The summed E-state index contributed by atoms with van der Waals surface area (Å²) >= 11 is 9.16. The Balaban J connectivity index is 2.42. The maximum Gasteiger partial charge on any atom is 0.148 e. The largest absolute Gasteiger partial charge is 0.271 e. The second kappa shape index (κ2) is 6.88. The summed E-state index contributed by atoms with van der Waals surface area (Å²) in [6, 6.07) is 10.9. The van der Waals surface area contributed by atoms with Crippen molar-refractivity contribution >= 4 is 27.5 Å². The number of hydrogen-bond donors (Lipinski definition) is 2. The Bertz CT molecular complexity index is 629. The van der Waals surface area contributed by atoms with Gasteiger partial charge in [-0.15, -0.1) is 0 Å². The lowest BCUT2D eigenvalue weighted by atomic mass is 9.95. The Morgan fingerprint density at radius 1 is 1.10 bits per heavy atom. The van der Waals surface area contributed by atoms with Crippen molar-refractivity contribution in [3.63, 3.8) is 0 Å². The van der Waals surface area contributed by atoms with Gasteiger partial charge < -0.3 is 0 Å². The lowest BCUT2D eigenvalue weighted by molar-refractivity contribution is 0.559. The van der Waals surface area contributed by atoms with Crippen LogP contribution in [0.1, 0.15) is 42.5 Å². The standard InChI is InChI=1S/C16H17BrClFN2/c1-9(2)10-3-5-11(6-4-10)16(21-20)12-7-8-13(17)14(18)15(12)19/h3-9,16,21H,20H2,1-2H3. The molecule has 1 atom stereocenters. The summed E-state index contributed by atoms with van der Waals surface area (Å²) in [5.41, 5.74) is 5.19. The summed E-state index contributed by atoms with van der Waals surface area (Å²) in [7, 11) is 0. The van der Waals surface area contributed by atoms with E-state index in [-0.39, 0.29) is 5.02 Å². The number of nitrogens with one attached hydrogen (secondary N) is 1. The SMILES string of the molecule is CC(C)c1ccc(C(NN)c2ccc(Br)c(Cl)c2F)cc1. The zero-order valence-electron chi connectivity index (χ0n) is 11.8. The third kappa shape index (κ3) is 3.46. The van der Waals surface area contributed by atoms with E-state index in [9.17, 15) is 4.39 Å². The van der Waals surface area contributed by atoms with Crippen LogP contribution < -0.4 is 11.3 Å². The average molecular weight is 372 g/mol. The van der Waals surface area contributed by atoms with E-state index in [0.29, 0.717) is 16.0 Å². The van der Waals surface area contributed by atoms with Crippen molar-refractivity contribution in [2.45, 2.75) is 25.8 Å². The minimum atomic E-state index is -0.470. The molecule has 112 valence electrons. The van der Waals surface area contributed by atoms with Crippen molar-refractivity contribution in [1.82, 2.24) is 5.43 Å². The molecule has 0 amide bonds. The summed E-state index contributed by atoms with van der Waals surface area (Å²) < 4.78 is 14.9. The van der Waals surface area contributed by atoms with E-state index >= 15 is 0 Å². The molecule has 0 saturated heterocycles. The molecular weight excluding hydrogens is 355 g/mol. The van der Waals surface area contributed by atoms with Gasteiger partial charge in [-0.25, -0.2) is 9.82 Å². The lowest BCUT2D eigenvalue weighted by Crippen LogP contribution is -2.29. The molecule has 2 nitrogen and oxygen atoms in total. The first-order valence-corrected chi connectivity index (χ1v) is 7.82. The molecule has 0 aromatic heterocycles. The summed E-state index contributed by atoms with van der Waals surface area (Å²) in [5.74, 6) is 5.60. The van der Waals surface area contributed by atoms with Crippen LogP contribution in [0.4, 0.5) is 4.39 Å². The van der Waals surface area contributed by atoms with Crippen LogP contribution in [0.5, 0.6) is 0 Å². The molecular formula is C16H17BrClFN2. The molecule has 3 N–H and O–H groups in total. The molecule has 0 fully saturated rings. The van der Waals surface area contributed by atoms with Gasteiger partial charge in [-0.05, 0) is 39.0 Å². The van der Waals surface area contributed by atoms with Crippen LogP contribution in [0.2, 0.25) is 5.02 Å². The minimum absolute atomic E-state index is 0.0616. The second-order valence-corrected chi connectivity index (χ2v) is 6.42. The van der Waals surface area contributed by atoms with Crippen molar-refractivity contribution in [3.05, 3.63) is 68.4 Å². The monoisotopic (exact) mass is 370 g/mol. The third-order valence-electron chi connectivity index (χ3n) is 3.48. The normalized spacial score (nSPS) is 12.7. The van der Waals surface area contributed by atoms with Crippen LogP contribution in [0.15, 0.2) is 40.9 Å². The summed E-state index contributed by atoms with van der Waals surface area (Å²) in [6.45, 7) is 4.25. The van der Waals surface area contributed by atoms with E-state index in [1.54, 1.807) is 12.1 Å². The zero-order valence-corrected chi connectivity index (χ0v) is 14.2. The molecule has 0 aliphatic carbocycles. The van der Waals surface area contributed by atoms with Gasteiger partial charge in [0.2, 0.25) is 0 Å². The minimum Gasteiger partial charge on any atom is -0.271 e. The van der Waals surface area contributed by atoms with Crippen LogP contribution in [-0.4, -0.2) is 0 Å². The van der Waals surface area contributed by atoms with E-state index in [4.69, 9.17) is 17.4 Å². The molecule has 21 heavy (non-hydrogen) atoms. The lowest BCUT2D eigenvalue weighted by Gasteiger charge is -2.19. The number of hydrazine groups is 1. The number of benzene rings is 2. The van der Waals surface area contributed by atoms with Gasteiger partial charge >= 0.3 is 0 Å². The molecule has 2 aromatic rings. The Labute approximate surface area is 137 Å². The topological polar surface area (TPSA) is 38.0 Å². The molecule has 0 aliphatic rings. The Kier molecular flexibility index (Phi) is 5.38. The van der Waals surface area contributed by atoms with Crippen molar-refractivity contribution in [1.29, 1.82) is 0 Å². The highest BCUT2D eigenvalue weighted by atomic mass is 79.9. The van der Waals surface area contributed by atoms with E-state index in [2.05, 4.69) is 35.2 Å². The number of halogens is 3. The fraction of sp³-hybridized carbons (Fsp3) is 0.250. The molecule has 0 saturated carbocycles. The van der Waals surface area contributed by atoms with Gasteiger partial charge in [0.25, 0.3) is 0 Å². The van der Waals surface area contributed by atoms with Crippen molar-refractivity contribution in [3.8, 4) is 0 Å². The van der Waals surface area contributed by atoms with Gasteiger partial charge in [0.05, 0.1) is 11.1 Å². The van der Waals surface area contributed by atoms with E-state index in [0.717, 1.165) is 5.56 Å². The zero-order chi connectivity index (χ0) is 15.6. The highest BCUT2D eigenvalue weighted by Crippen LogP contribution is 2.33. The highest BCUT2D eigenvalue weighted by molar-refractivity contribution is 9.10. The number of nitrogens with two attached hydrogens (primary N) is 1. The summed E-state index contributed by atoms with van der Waals surface area (Å²) in [4.78, 5) is 0. The van der Waals surface area contributed by atoms with Crippen molar-refractivity contribution < 1.29 is 4.39 Å². The first kappa shape index (κ1) is 16.4. The first-order valence-electron chi connectivity index (χ1n) is 6.65. The highest BCUT2D eigenvalue weighted by Gasteiger charge is 2.20. The van der Waals surface area contributed by atoms with Gasteiger partial charge in [-0.1, -0.05) is 55.8 Å². The van der Waals surface area contributed by atoms with Crippen LogP contribution in [0.25, 0.3) is 0 Å². The van der Waals surface area contributed by atoms with Gasteiger partial charge in [-0.2, -0.15) is 0 Å². The maximum atomic E-state index is 14.3. The molecule has 2 aromatic carbocycles. The van der Waals surface area contributed by atoms with Gasteiger partial charge in [0.1, 0.15) is 5.82 Å². The van der Waals surface area contributed by atoms with Crippen LogP contribution in [-0.2, 0) is 0 Å². The van der Waals surface area contributed by atoms with E-state index < -0.39 is 11.9 Å². The van der Waals surface area contributed by atoms with Crippen molar-refractivity contribution in [2.24, 2.45) is 5.84 Å². The molecule has 0 radical (unpaired) electrons. The number of hydrogen-bond acceptors (Lipinski definition) is 2. The van der Waals surface area contributed by atoms with Gasteiger partial charge in [0, 0.05) is 10.0 Å². The fourth-order valence-corrected chi connectivity index (χ4v) is 2.68. The van der Waals surface area contributed by atoms with Gasteiger partial charge in [-0.3, -0.25) is 5.84 Å². The van der Waals surface area contributed by atoms with E-state index in [1.807, 2.05) is 24.3 Å². The van der Waals surface area contributed by atoms with Crippen LogP contribution in [0.3, 0.4) is 0 Å². The van der Waals surface area contributed by atoms with Crippen molar-refractivity contribution in [2.75, 3.05) is 0 Å². The average Bonchev–Trinajstić information content (AvgIpc) is 2.48. The molecule has 5 heteroatoms. The van der Waals surface area contributed by atoms with Crippen LogP contribution >= 0.6 is 27.5 Å². The van der Waals surface area contributed by atoms with E-state index in [1.165, 1.54) is 5.56 Å². The molecule has 0 aliphatic heterocycles. The first-order chi connectivity index (χ1) is 9.95. The Morgan fingerprint density at radius 3 is 2.19 bits per heavy atom. The van der Waals surface area contributed by atoms with Gasteiger partial charge in [0.15, 0.2) is 0 Å². The predicted octanol–water partition coefficient (Wildman–Crippen LogP) is 4.92. The third-order valence-corrected chi connectivity index (χ3v) is 4.74. The second-order valence-electron chi connectivity index (χ2n) is 5.19. The smallest absolute Gasteiger partial charge is 0.148 e. The maximum absolute atomic E-state index is 14.3. The number of rotatable bonds is 4. The quantitative estimate of drug-likeness (QED) is 0.455. The Hall–Kier alpha value is -0.940. The van der Waals surface area contributed by atoms with Crippen LogP contribution in [0, 0.1) is 5.82 Å². The predicted molar refractivity (Wildman–Crippen MR) is 88.8 cm³/mol. The molecule has 2 rings (SSSR count). The molecule has 1 unspecified atom stereocenters. The summed E-state index contributed by atoms with van der Waals surface area (Å²) in [5, 5.41) is 0.0616. The molecule has 0 spiro atoms. The molecule has 0 bridgehead atoms. The molecule has 0 heterocycles. The fourth-order valence-electron chi connectivity index (χ4n) is 2.20. The Morgan fingerprint density at radius 2 is 1.67 bits per heavy atom. The summed E-state index contributed by atoms with van der Waals surface area (Å²) in [6.07, 6.45) is 0.